The first kappa shape index (κ1) is 18.9. The van der Waals surface area contributed by atoms with E-state index < -0.39 is 30.0 Å². The molecule has 1 saturated heterocycles. The summed E-state index contributed by atoms with van der Waals surface area (Å²) in [5.41, 5.74) is -0.0498. The summed E-state index contributed by atoms with van der Waals surface area (Å²) in [6.45, 7) is 7.74. The van der Waals surface area contributed by atoms with Crippen LogP contribution in [-0.2, 0) is 9.31 Å². The Kier molecular flexibility index (Phi) is 4.86. The van der Waals surface area contributed by atoms with Crippen molar-refractivity contribution in [1.82, 2.24) is 0 Å². The van der Waals surface area contributed by atoms with Crippen molar-refractivity contribution >= 4 is 35.8 Å². The number of benzene rings is 2. The Labute approximate surface area is 157 Å². The molecule has 0 radical (unpaired) electrons. The molecule has 7 heteroatoms. The van der Waals surface area contributed by atoms with Gasteiger partial charge in [0.1, 0.15) is 5.82 Å². The standard InChI is InChI=1S/C19H20BClFNO3/c1-18(2)19(3,4)26-20(25-18)12-8-9-16(22)15(10-12)17(24)23-14-7-5-6-13(21)11-14/h5-11H,1-4H3,(H,23,24). The van der Waals surface area contributed by atoms with Crippen LogP contribution in [0.25, 0.3) is 0 Å². The van der Waals surface area contributed by atoms with Crippen LogP contribution in [0.15, 0.2) is 42.5 Å². The normalized spacial score (nSPS) is 18.0. The van der Waals surface area contributed by atoms with E-state index in [1.54, 1.807) is 30.3 Å². The monoisotopic (exact) mass is 375 g/mol. The number of nitrogens with one attached hydrogen (secondary N) is 1. The first-order valence-electron chi connectivity index (χ1n) is 8.31. The zero-order valence-corrected chi connectivity index (χ0v) is 15.9. The van der Waals surface area contributed by atoms with Crippen LogP contribution in [0.4, 0.5) is 10.1 Å². The number of anilines is 1. The van der Waals surface area contributed by atoms with Gasteiger partial charge in [0, 0.05) is 10.7 Å². The number of hydrogen-bond acceptors (Lipinski definition) is 3. The second-order valence-corrected chi connectivity index (χ2v) is 7.73. The van der Waals surface area contributed by atoms with Crippen LogP contribution in [0.1, 0.15) is 38.1 Å². The Morgan fingerprint density at radius 2 is 1.73 bits per heavy atom. The van der Waals surface area contributed by atoms with Crippen molar-refractivity contribution in [2.45, 2.75) is 38.9 Å². The second kappa shape index (κ2) is 6.69. The van der Waals surface area contributed by atoms with Gasteiger partial charge in [-0.25, -0.2) is 4.39 Å². The SMILES string of the molecule is CC1(C)OB(c2ccc(F)c(C(=O)Nc3cccc(Cl)c3)c2)OC1(C)C. The van der Waals surface area contributed by atoms with E-state index in [0.717, 1.165) is 0 Å². The molecule has 1 fully saturated rings. The van der Waals surface area contributed by atoms with E-state index in [1.807, 2.05) is 27.7 Å². The second-order valence-electron chi connectivity index (χ2n) is 7.29. The van der Waals surface area contributed by atoms with Crippen LogP contribution in [0.3, 0.4) is 0 Å². The molecule has 0 bridgehead atoms. The minimum absolute atomic E-state index is 0.0859. The van der Waals surface area contributed by atoms with Gasteiger partial charge in [-0.3, -0.25) is 4.79 Å². The molecule has 3 rings (SSSR count). The van der Waals surface area contributed by atoms with E-state index in [4.69, 9.17) is 20.9 Å². The van der Waals surface area contributed by atoms with Gasteiger partial charge in [-0.15, -0.1) is 0 Å². The fraction of sp³-hybridized carbons (Fsp3) is 0.316. The lowest BCUT2D eigenvalue weighted by Gasteiger charge is -2.32. The molecule has 2 aromatic rings. The first-order valence-corrected chi connectivity index (χ1v) is 8.69. The van der Waals surface area contributed by atoms with Crippen molar-refractivity contribution < 1.29 is 18.5 Å². The summed E-state index contributed by atoms with van der Waals surface area (Å²) in [7, 11) is -0.668. The van der Waals surface area contributed by atoms with E-state index in [0.29, 0.717) is 16.2 Å². The van der Waals surface area contributed by atoms with Crippen molar-refractivity contribution in [1.29, 1.82) is 0 Å². The Morgan fingerprint density at radius 1 is 1.08 bits per heavy atom. The third-order valence-corrected chi connectivity index (χ3v) is 5.08. The van der Waals surface area contributed by atoms with E-state index in [2.05, 4.69) is 5.32 Å². The molecule has 1 N–H and O–H groups in total. The molecule has 0 spiro atoms. The van der Waals surface area contributed by atoms with E-state index >= 15 is 0 Å². The van der Waals surface area contributed by atoms with Gasteiger partial charge in [-0.05, 0) is 63.5 Å². The Hall–Kier alpha value is -1.89. The van der Waals surface area contributed by atoms with E-state index in [9.17, 15) is 9.18 Å². The Balaban J connectivity index is 1.85. The maximum Gasteiger partial charge on any atom is 0.494 e. The van der Waals surface area contributed by atoms with Crippen molar-refractivity contribution in [2.24, 2.45) is 0 Å². The third kappa shape index (κ3) is 3.63. The highest BCUT2D eigenvalue weighted by Crippen LogP contribution is 2.36. The lowest BCUT2D eigenvalue weighted by Crippen LogP contribution is -2.41. The lowest BCUT2D eigenvalue weighted by atomic mass is 9.78. The molecule has 2 aromatic carbocycles. The maximum atomic E-state index is 14.2. The average molecular weight is 376 g/mol. The van der Waals surface area contributed by atoms with Gasteiger partial charge in [0.15, 0.2) is 0 Å². The molecular weight excluding hydrogens is 355 g/mol. The van der Waals surface area contributed by atoms with Crippen LogP contribution in [0.5, 0.6) is 0 Å². The van der Waals surface area contributed by atoms with Crippen molar-refractivity contribution in [2.75, 3.05) is 5.32 Å². The number of carbonyl (C=O) groups excluding carboxylic acids is 1. The topological polar surface area (TPSA) is 47.6 Å². The van der Waals surface area contributed by atoms with Crippen LogP contribution < -0.4 is 10.8 Å². The average Bonchev–Trinajstić information content (AvgIpc) is 2.75. The summed E-state index contributed by atoms with van der Waals surface area (Å²) < 4.78 is 26.2. The summed E-state index contributed by atoms with van der Waals surface area (Å²) >= 11 is 5.91. The van der Waals surface area contributed by atoms with Gasteiger partial charge in [0.25, 0.3) is 5.91 Å². The summed E-state index contributed by atoms with van der Waals surface area (Å²) in [5, 5.41) is 3.13. The molecular formula is C19H20BClFNO3. The number of rotatable bonds is 3. The van der Waals surface area contributed by atoms with Crippen LogP contribution in [0, 0.1) is 5.82 Å². The molecule has 1 aliphatic heterocycles. The molecule has 0 saturated carbocycles. The van der Waals surface area contributed by atoms with Crippen LogP contribution in [0.2, 0.25) is 5.02 Å². The lowest BCUT2D eigenvalue weighted by molar-refractivity contribution is 0.00578. The molecule has 136 valence electrons. The third-order valence-electron chi connectivity index (χ3n) is 4.84. The smallest absolute Gasteiger partial charge is 0.399 e. The highest BCUT2D eigenvalue weighted by atomic mass is 35.5. The van der Waals surface area contributed by atoms with Gasteiger partial charge < -0.3 is 14.6 Å². The molecule has 0 atom stereocenters. The maximum absolute atomic E-state index is 14.2. The van der Waals surface area contributed by atoms with Crippen LogP contribution >= 0.6 is 11.6 Å². The fourth-order valence-corrected chi connectivity index (χ4v) is 2.80. The van der Waals surface area contributed by atoms with E-state index in [1.165, 1.54) is 12.1 Å². The number of halogens is 2. The molecule has 0 aliphatic carbocycles. The zero-order valence-electron chi connectivity index (χ0n) is 15.1. The Morgan fingerprint density at radius 3 is 2.35 bits per heavy atom. The highest BCUT2D eigenvalue weighted by Gasteiger charge is 2.51. The molecule has 1 heterocycles. The predicted molar refractivity (Wildman–Crippen MR) is 102 cm³/mol. The number of hydrogen-bond donors (Lipinski definition) is 1. The van der Waals surface area contributed by atoms with Crippen molar-refractivity contribution in [3.63, 3.8) is 0 Å². The molecule has 26 heavy (non-hydrogen) atoms. The minimum atomic E-state index is -0.668. The van der Waals surface area contributed by atoms with Crippen LogP contribution in [-0.4, -0.2) is 24.2 Å². The van der Waals surface area contributed by atoms with Gasteiger partial charge in [0.2, 0.25) is 0 Å². The number of carbonyl (C=O) groups is 1. The summed E-state index contributed by atoms with van der Waals surface area (Å²) in [6, 6.07) is 10.9. The fourth-order valence-electron chi connectivity index (χ4n) is 2.61. The minimum Gasteiger partial charge on any atom is -0.399 e. The number of amides is 1. The van der Waals surface area contributed by atoms with Gasteiger partial charge >= 0.3 is 7.12 Å². The summed E-state index contributed by atoms with van der Waals surface area (Å²) in [4.78, 5) is 12.5. The predicted octanol–water partition coefficient (Wildman–Crippen LogP) is 4.03. The summed E-state index contributed by atoms with van der Waals surface area (Å²) in [6.07, 6.45) is 0. The Bertz CT molecular complexity index is 840. The van der Waals surface area contributed by atoms with Gasteiger partial charge in [-0.1, -0.05) is 23.7 Å². The molecule has 0 aromatic heterocycles. The summed E-state index contributed by atoms with van der Waals surface area (Å²) in [5.74, 6) is -1.19. The highest BCUT2D eigenvalue weighted by molar-refractivity contribution is 6.62. The first-order chi connectivity index (χ1) is 12.1. The van der Waals surface area contributed by atoms with Gasteiger partial charge in [-0.2, -0.15) is 0 Å². The van der Waals surface area contributed by atoms with Crippen molar-refractivity contribution in [3.05, 3.63) is 58.9 Å². The van der Waals surface area contributed by atoms with E-state index in [-0.39, 0.29) is 5.56 Å². The molecule has 1 aliphatic rings. The molecule has 0 unspecified atom stereocenters. The molecule has 1 amide bonds. The molecule has 4 nitrogen and oxygen atoms in total. The zero-order chi connectivity index (χ0) is 19.1. The largest absolute Gasteiger partial charge is 0.494 e. The van der Waals surface area contributed by atoms with Crippen molar-refractivity contribution in [3.8, 4) is 0 Å². The van der Waals surface area contributed by atoms with Gasteiger partial charge in [0.05, 0.1) is 16.8 Å². The quantitative estimate of drug-likeness (QED) is 0.824.